The van der Waals surface area contributed by atoms with Crippen molar-refractivity contribution in [3.8, 4) is 0 Å². The molecule has 2 amide bonds. The second kappa shape index (κ2) is 7.07. The van der Waals surface area contributed by atoms with Crippen molar-refractivity contribution in [2.24, 2.45) is 0 Å². The van der Waals surface area contributed by atoms with Gasteiger partial charge in [-0.05, 0) is 25.0 Å². The topological polar surface area (TPSA) is 58.6 Å². The van der Waals surface area contributed by atoms with E-state index in [0.29, 0.717) is 23.4 Å². The SMILES string of the molecule is CN(C)C(=O)[C@@H]1CC[C@H](C(=O)NCc2ccc(Cl)cc2F)O1. The minimum atomic E-state index is -0.677. The molecule has 1 saturated heterocycles. The second-order valence-electron chi connectivity index (χ2n) is 5.38. The molecule has 2 atom stereocenters. The van der Waals surface area contributed by atoms with Gasteiger partial charge in [0.05, 0.1) is 0 Å². The number of hydrogen-bond donors (Lipinski definition) is 1. The van der Waals surface area contributed by atoms with E-state index in [4.69, 9.17) is 16.3 Å². The monoisotopic (exact) mass is 328 g/mol. The Morgan fingerprint density at radius 1 is 1.36 bits per heavy atom. The van der Waals surface area contributed by atoms with Crippen molar-refractivity contribution in [3.63, 3.8) is 0 Å². The maximum Gasteiger partial charge on any atom is 0.251 e. The third-order valence-electron chi connectivity index (χ3n) is 3.50. The summed E-state index contributed by atoms with van der Waals surface area (Å²) in [5.74, 6) is -0.969. The summed E-state index contributed by atoms with van der Waals surface area (Å²) in [5, 5.41) is 2.92. The highest BCUT2D eigenvalue weighted by Crippen LogP contribution is 2.21. The van der Waals surface area contributed by atoms with Gasteiger partial charge in [0.2, 0.25) is 5.91 Å². The minimum absolute atomic E-state index is 0.0496. The summed E-state index contributed by atoms with van der Waals surface area (Å²) in [6.07, 6.45) is -0.286. The van der Waals surface area contributed by atoms with Crippen molar-refractivity contribution >= 4 is 23.4 Å². The molecular formula is C15H18ClFN2O3. The van der Waals surface area contributed by atoms with Gasteiger partial charge in [-0.25, -0.2) is 4.39 Å². The van der Waals surface area contributed by atoms with Crippen LogP contribution >= 0.6 is 11.6 Å². The summed E-state index contributed by atoms with van der Waals surface area (Å²) < 4.78 is 19.1. The Morgan fingerprint density at radius 3 is 2.68 bits per heavy atom. The summed E-state index contributed by atoms with van der Waals surface area (Å²) in [4.78, 5) is 25.2. The lowest BCUT2D eigenvalue weighted by Crippen LogP contribution is -2.38. The Bertz CT molecular complexity index is 580. The van der Waals surface area contributed by atoms with Gasteiger partial charge < -0.3 is 15.0 Å². The molecule has 1 aromatic rings. The van der Waals surface area contributed by atoms with Crippen LogP contribution in [0, 0.1) is 5.82 Å². The highest BCUT2D eigenvalue weighted by Gasteiger charge is 2.35. The van der Waals surface area contributed by atoms with Gasteiger partial charge in [0, 0.05) is 31.2 Å². The summed E-state index contributed by atoms with van der Waals surface area (Å²) >= 11 is 5.67. The summed E-state index contributed by atoms with van der Waals surface area (Å²) in [6.45, 7) is 0.0496. The van der Waals surface area contributed by atoms with Gasteiger partial charge in [-0.2, -0.15) is 0 Å². The fourth-order valence-corrected chi connectivity index (χ4v) is 2.42. The first-order valence-electron chi connectivity index (χ1n) is 6.96. The van der Waals surface area contributed by atoms with Crippen LogP contribution in [0.3, 0.4) is 0 Å². The fourth-order valence-electron chi connectivity index (χ4n) is 2.26. The second-order valence-corrected chi connectivity index (χ2v) is 5.81. The standard InChI is InChI=1S/C15H18ClFN2O3/c1-19(2)15(21)13-6-5-12(22-13)14(20)18-8-9-3-4-10(16)7-11(9)17/h3-4,7,12-13H,5-6,8H2,1-2H3,(H,18,20)/t12-,13+/m1/s1. The lowest BCUT2D eigenvalue weighted by molar-refractivity contribution is -0.144. The van der Waals surface area contributed by atoms with Gasteiger partial charge in [0.25, 0.3) is 5.91 Å². The molecule has 0 saturated carbocycles. The third kappa shape index (κ3) is 3.96. The molecule has 0 unspecified atom stereocenters. The molecule has 5 nitrogen and oxygen atoms in total. The number of amides is 2. The van der Waals surface area contributed by atoms with Crippen LogP contribution in [0.2, 0.25) is 5.02 Å². The lowest BCUT2D eigenvalue weighted by Gasteiger charge is -2.17. The predicted molar refractivity (Wildman–Crippen MR) is 79.8 cm³/mol. The molecule has 2 rings (SSSR count). The molecule has 7 heteroatoms. The molecular weight excluding hydrogens is 311 g/mol. The highest BCUT2D eigenvalue weighted by molar-refractivity contribution is 6.30. The van der Waals surface area contributed by atoms with Crippen LogP contribution in [0.15, 0.2) is 18.2 Å². The van der Waals surface area contributed by atoms with E-state index in [9.17, 15) is 14.0 Å². The van der Waals surface area contributed by atoms with E-state index < -0.39 is 18.0 Å². The van der Waals surface area contributed by atoms with Crippen LogP contribution in [0.25, 0.3) is 0 Å². The van der Waals surface area contributed by atoms with E-state index in [1.165, 1.54) is 17.0 Å². The van der Waals surface area contributed by atoms with Crippen molar-refractivity contribution in [1.29, 1.82) is 0 Å². The van der Waals surface area contributed by atoms with Gasteiger partial charge in [-0.1, -0.05) is 17.7 Å². The number of hydrogen-bond acceptors (Lipinski definition) is 3. The van der Waals surface area contributed by atoms with E-state index in [0.717, 1.165) is 0 Å². The van der Waals surface area contributed by atoms with Crippen molar-refractivity contribution in [3.05, 3.63) is 34.6 Å². The molecule has 0 aromatic heterocycles. The molecule has 1 aliphatic heterocycles. The van der Waals surface area contributed by atoms with Gasteiger partial charge in [-0.3, -0.25) is 9.59 Å². The molecule has 1 heterocycles. The molecule has 0 bridgehead atoms. The number of ether oxygens (including phenoxy) is 1. The van der Waals surface area contributed by atoms with E-state index >= 15 is 0 Å². The van der Waals surface area contributed by atoms with Crippen molar-refractivity contribution in [2.75, 3.05) is 14.1 Å². The first kappa shape index (κ1) is 16.7. The smallest absolute Gasteiger partial charge is 0.251 e. The van der Waals surface area contributed by atoms with Crippen LogP contribution in [0.5, 0.6) is 0 Å². The number of benzene rings is 1. The minimum Gasteiger partial charge on any atom is -0.355 e. The number of carbonyl (C=O) groups excluding carboxylic acids is 2. The van der Waals surface area contributed by atoms with E-state index in [2.05, 4.69) is 5.32 Å². The predicted octanol–water partition coefficient (Wildman–Crippen LogP) is 1.73. The van der Waals surface area contributed by atoms with Gasteiger partial charge in [0.15, 0.2) is 0 Å². The van der Waals surface area contributed by atoms with Crippen LogP contribution in [0.4, 0.5) is 4.39 Å². The number of carbonyl (C=O) groups is 2. The zero-order valence-corrected chi connectivity index (χ0v) is 13.2. The molecule has 22 heavy (non-hydrogen) atoms. The average Bonchev–Trinajstić information content (AvgIpc) is 2.94. The molecule has 1 fully saturated rings. The van der Waals surface area contributed by atoms with Gasteiger partial charge in [-0.15, -0.1) is 0 Å². The number of halogens is 2. The Morgan fingerprint density at radius 2 is 2.05 bits per heavy atom. The van der Waals surface area contributed by atoms with Crippen molar-refractivity contribution < 1.29 is 18.7 Å². The molecule has 1 N–H and O–H groups in total. The van der Waals surface area contributed by atoms with Crippen molar-refractivity contribution in [1.82, 2.24) is 10.2 Å². The van der Waals surface area contributed by atoms with E-state index in [1.807, 2.05) is 0 Å². The first-order chi connectivity index (χ1) is 10.4. The molecule has 0 aliphatic carbocycles. The fraction of sp³-hybridized carbons (Fsp3) is 0.467. The highest BCUT2D eigenvalue weighted by atomic mass is 35.5. The molecule has 0 spiro atoms. The summed E-state index contributed by atoms with van der Waals surface area (Å²) in [6, 6.07) is 4.27. The van der Waals surface area contributed by atoms with Crippen LogP contribution in [-0.4, -0.2) is 43.0 Å². The van der Waals surface area contributed by atoms with Crippen LogP contribution in [-0.2, 0) is 20.9 Å². The average molecular weight is 329 g/mol. The number of nitrogens with zero attached hydrogens (tertiary/aromatic N) is 1. The van der Waals surface area contributed by atoms with Crippen LogP contribution in [0.1, 0.15) is 18.4 Å². The number of nitrogens with one attached hydrogen (secondary N) is 1. The van der Waals surface area contributed by atoms with Gasteiger partial charge in [0.1, 0.15) is 18.0 Å². The third-order valence-corrected chi connectivity index (χ3v) is 3.73. The van der Waals surface area contributed by atoms with E-state index in [1.54, 1.807) is 20.2 Å². The summed E-state index contributed by atoms with van der Waals surface area (Å²) in [5.41, 5.74) is 0.344. The quantitative estimate of drug-likeness (QED) is 0.915. The lowest BCUT2D eigenvalue weighted by atomic mass is 10.1. The number of rotatable bonds is 4. The number of likely N-dealkylation sites (N-methyl/N-ethyl adjacent to an activating group) is 1. The Hall–Kier alpha value is -1.66. The Labute approximate surface area is 133 Å². The maximum atomic E-state index is 13.6. The van der Waals surface area contributed by atoms with Gasteiger partial charge >= 0.3 is 0 Å². The largest absolute Gasteiger partial charge is 0.355 e. The molecule has 1 aliphatic rings. The molecule has 120 valence electrons. The zero-order valence-electron chi connectivity index (χ0n) is 12.4. The summed E-state index contributed by atoms with van der Waals surface area (Å²) in [7, 11) is 3.28. The maximum absolute atomic E-state index is 13.6. The first-order valence-corrected chi connectivity index (χ1v) is 7.34. The Kier molecular flexibility index (Phi) is 5.37. The normalized spacial score (nSPS) is 20.7. The molecule has 0 radical (unpaired) electrons. The zero-order chi connectivity index (χ0) is 16.3. The van der Waals surface area contributed by atoms with E-state index in [-0.39, 0.29) is 18.4 Å². The molecule has 1 aromatic carbocycles. The Balaban J connectivity index is 1.87. The van der Waals surface area contributed by atoms with Crippen LogP contribution < -0.4 is 5.32 Å². The van der Waals surface area contributed by atoms with Crippen molar-refractivity contribution in [2.45, 2.75) is 31.6 Å².